The van der Waals surface area contributed by atoms with Crippen LogP contribution in [0.3, 0.4) is 0 Å². The number of likely N-dealkylation sites (N-methyl/N-ethyl adjacent to an activating group) is 1. The van der Waals surface area contributed by atoms with Crippen LogP contribution in [0.2, 0.25) is 0 Å². The zero-order valence-corrected chi connectivity index (χ0v) is 14.4. The number of unbranched alkanes of at least 4 members (excludes halogenated alkanes) is 2. The summed E-state index contributed by atoms with van der Waals surface area (Å²) in [5.41, 5.74) is 1.94. The van der Waals surface area contributed by atoms with Gasteiger partial charge < -0.3 is 9.63 Å². The first-order valence-electron chi connectivity index (χ1n) is 8.56. The van der Waals surface area contributed by atoms with Gasteiger partial charge in [-0.3, -0.25) is 9.69 Å². The molecule has 5 nitrogen and oxygen atoms in total. The van der Waals surface area contributed by atoms with Crippen molar-refractivity contribution in [3.63, 3.8) is 0 Å². The summed E-state index contributed by atoms with van der Waals surface area (Å²) in [4.78, 5) is 13.0. The van der Waals surface area contributed by atoms with Crippen molar-refractivity contribution >= 4 is 5.97 Å². The molecule has 0 amide bonds. The van der Waals surface area contributed by atoms with Gasteiger partial charge in [0.15, 0.2) is 0 Å². The van der Waals surface area contributed by atoms with Crippen molar-refractivity contribution in [2.24, 2.45) is 0 Å². The van der Waals surface area contributed by atoms with Gasteiger partial charge >= 0.3 is 5.97 Å². The zero-order chi connectivity index (χ0) is 17.4. The smallest absolute Gasteiger partial charge is 0.320 e. The molecule has 1 heterocycles. The fourth-order valence-corrected chi connectivity index (χ4v) is 2.84. The molecule has 1 aromatic carbocycles. The summed E-state index contributed by atoms with van der Waals surface area (Å²) in [6.07, 6.45) is 4.54. The van der Waals surface area contributed by atoms with E-state index in [1.807, 2.05) is 55.3 Å². The molecule has 24 heavy (non-hydrogen) atoms. The van der Waals surface area contributed by atoms with Gasteiger partial charge in [0.05, 0.1) is 0 Å². The molecule has 1 atom stereocenters. The van der Waals surface area contributed by atoms with Crippen molar-refractivity contribution in [3.8, 4) is 11.3 Å². The molecular formula is C19H26N2O3. The fraction of sp³-hybridized carbons (Fsp3) is 0.474. The molecule has 0 fully saturated rings. The van der Waals surface area contributed by atoms with Gasteiger partial charge in [-0.2, -0.15) is 0 Å². The van der Waals surface area contributed by atoms with Crippen molar-refractivity contribution in [2.45, 2.75) is 45.1 Å². The third kappa shape index (κ3) is 5.20. The summed E-state index contributed by atoms with van der Waals surface area (Å²) in [6, 6.07) is 11.6. The summed E-state index contributed by atoms with van der Waals surface area (Å²) in [6.45, 7) is 2.71. The minimum absolute atomic E-state index is 0.382. The Hall–Kier alpha value is -2.14. The van der Waals surface area contributed by atoms with E-state index >= 15 is 0 Å². The Bertz CT molecular complexity index is 625. The van der Waals surface area contributed by atoms with E-state index in [2.05, 4.69) is 5.16 Å². The van der Waals surface area contributed by atoms with Crippen molar-refractivity contribution in [1.82, 2.24) is 10.1 Å². The van der Waals surface area contributed by atoms with E-state index in [9.17, 15) is 4.79 Å². The van der Waals surface area contributed by atoms with Crippen LogP contribution >= 0.6 is 0 Å². The SMILES string of the molecule is CCC(C(=O)O)N(C)CCCCCc1cc(-c2ccccc2)no1. The Labute approximate surface area is 143 Å². The van der Waals surface area contributed by atoms with Gasteiger partial charge in [-0.05, 0) is 32.9 Å². The minimum atomic E-state index is -0.741. The lowest BCUT2D eigenvalue weighted by molar-refractivity contribution is -0.142. The lowest BCUT2D eigenvalue weighted by Gasteiger charge is -2.23. The Morgan fingerprint density at radius 3 is 2.67 bits per heavy atom. The van der Waals surface area contributed by atoms with E-state index in [0.717, 1.165) is 49.2 Å². The Kier molecular flexibility index (Phi) is 7.00. The summed E-state index contributed by atoms with van der Waals surface area (Å²) < 4.78 is 5.40. The van der Waals surface area contributed by atoms with Crippen LogP contribution in [-0.4, -0.2) is 40.8 Å². The number of aromatic nitrogens is 1. The van der Waals surface area contributed by atoms with Crippen molar-refractivity contribution < 1.29 is 14.4 Å². The van der Waals surface area contributed by atoms with E-state index in [0.29, 0.717) is 6.42 Å². The highest BCUT2D eigenvalue weighted by molar-refractivity contribution is 5.73. The molecule has 1 aromatic heterocycles. The molecule has 130 valence electrons. The first-order chi connectivity index (χ1) is 11.6. The summed E-state index contributed by atoms with van der Waals surface area (Å²) in [5, 5.41) is 13.2. The normalized spacial score (nSPS) is 12.5. The highest BCUT2D eigenvalue weighted by Gasteiger charge is 2.19. The molecular weight excluding hydrogens is 304 g/mol. The molecule has 0 aliphatic rings. The average molecular weight is 330 g/mol. The summed E-state index contributed by atoms with van der Waals surface area (Å²) in [7, 11) is 1.88. The predicted molar refractivity (Wildman–Crippen MR) is 93.8 cm³/mol. The van der Waals surface area contributed by atoms with Gasteiger partial charge in [0.25, 0.3) is 0 Å². The van der Waals surface area contributed by atoms with Gasteiger partial charge in [-0.1, -0.05) is 48.8 Å². The van der Waals surface area contributed by atoms with E-state index in [1.54, 1.807) is 0 Å². The number of hydrogen-bond acceptors (Lipinski definition) is 4. The lowest BCUT2D eigenvalue weighted by atomic mass is 10.1. The molecule has 0 aliphatic heterocycles. The number of carboxylic acids is 1. The molecule has 2 aromatic rings. The van der Waals surface area contributed by atoms with Crippen LogP contribution in [0.5, 0.6) is 0 Å². The third-order valence-corrected chi connectivity index (χ3v) is 4.27. The maximum absolute atomic E-state index is 11.1. The number of hydrogen-bond donors (Lipinski definition) is 1. The van der Waals surface area contributed by atoms with Gasteiger partial charge in [0.2, 0.25) is 0 Å². The standard InChI is InChI=1S/C19H26N2O3/c1-3-18(19(22)23)21(2)13-9-5-8-12-16-14-17(20-24-16)15-10-6-4-7-11-15/h4,6-7,10-11,14,18H,3,5,8-9,12-13H2,1-2H3,(H,22,23). The second kappa shape index (κ2) is 9.23. The molecule has 1 unspecified atom stereocenters. The van der Waals surface area contributed by atoms with Gasteiger partial charge in [0.1, 0.15) is 17.5 Å². The van der Waals surface area contributed by atoms with E-state index in [4.69, 9.17) is 9.63 Å². The van der Waals surface area contributed by atoms with Crippen LogP contribution < -0.4 is 0 Å². The number of benzene rings is 1. The first-order valence-corrected chi connectivity index (χ1v) is 8.56. The molecule has 2 rings (SSSR count). The minimum Gasteiger partial charge on any atom is -0.480 e. The molecule has 0 bridgehead atoms. The van der Waals surface area contributed by atoms with Gasteiger partial charge in [-0.25, -0.2) is 0 Å². The number of rotatable bonds is 10. The maximum Gasteiger partial charge on any atom is 0.320 e. The van der Waals surface area contributed by atoms with Crippen LogP contribution in [0.15, 0.2) is 40.9 Å². The van der Waals surface area contributed by atoms with Crippen molar-refractivity contribution in [2.75, 3.05) is 13.6 Å². The zero-order valence-electron chi connectivity index (χ0n) is 14.4. The van der Waals surface area contributed by atoms with Crippen LogP contribution in [0.25, 0.3) is 11.3 Å². The second-order valence-electron chi connectivity index (χ2n) is 6.10. The van der Waals surface area contributed by atoms with Gasteiger partial charge in [0, 0.05) is 18.1 Å². The highest BCUT2D eigenvalue weighted by atomic mass is 16.5. The summed E-state index contributed by atoms with van der Waals surface area (Å²) >= 11 is 0. The van der Waals surface area contributed by atoms with Crippen LogP contribution in [-0.2, 0) is 11.2 Å². The Balaban J connectivity index is 1.70. The summed E-state index contributed by atoms with van der Waals surface area (Å²) in [5.74, 6) is 0.161. The topological polar surface area (TPSA) is 66.6 Å². The molecule has 1 N–H and O–H groups in total. The number of nitrogens with zero attached hydrogens (tertiary/aromatic N) is 2. The Morgan fingerprint density at radius 1 is 1.25 bits per heavy atom. The predicted octanol–water partition coefficient (Wildman–Crippen LogP) is 3.85. The monoisotopic (exact) mass is 330 g/mol. The number of carbonyl (C=O) groups is 1. The van der Waals surface area contributed by atoms with Crippen LogP contribution in [0.4, 0.5) is 0 Å². The highest BCUT2D eigenvalue weighted by Crippen LogP contribution is 2.19. The molecule has 0 radical (unpaired) electrons. The average Bonchev–Trinajstić information content (AvgIpc) is 3.04. The second-order valence-corrected chi connectivity index (χ2v) is 6.10. The molecule has 5 heteroatoms. The third-order valence-electron chi connectivity index (χ3n) is 4.27. The van der Waals surface area contributed by atoms with E-state index < -0.39 is 5.97 Å². The number of carboxylic acid groups (broad SMARTS) is 1. The molecule has 0 spiro atoms. The largest absolute Gasteiger partial charge is 0.480 e. The number of aryl methyl sites for hydroxylation is 1. The maximum atomic E-state index is 11.1. The van der Waals surface area contributed by atoms with Crippen LogP contribution in [0.1, 0.15) is 38.4 Å². The molecule has 0 saturated carbocycles. The quantitative estimate of drug-likeness (QED) is 0.670. The Morgan fingerprint density at radius 2 is 2.00 bits per heavy atom. The lowest BCUT2D eigenvalue weighted by Crippen LogP contribution is -2.38. The molecule has 0 aliphatic carbocycles. The van der Waals surface area contributed by atoms with E-state index in [1.165, 1.54) is 0 Å². The fourth-order valence-electron chi connectivity index (χ4n) is 2.84. The number of aliphatic carboxylic acids is 1. The van der Waals surface area contributed by atoms with Crippen molar-refractivity contribution in [3.05, 3.63) is 42.2 Å². The van der Waals surface area contributed by atoms with Crippen LogP contribution in [0, 0.1) is 0 Å². The van der Waals surface area contributed by atoms with Gasteiger partial charge in [-0.15, -0.1) is 0 Å². The first kappa shape index (κ1) is 18.2. The van der Waals surface area contributed by atoms with E-state index in [-0.39, 0.29) is 6.04 Å². The van der Waals surface area contributed by atoms with Crippen molar-refractivity contribution in [1.29, 1.82) is 0 Å². The molecule has 0 saturated heterocycles.